The Morgan fingerprint density at radius 3 is 2.39 bits per heavy atom. The lowest BCUT2D eigenvalue weighted by Crippen LogP contribution is -2.28. The first-order chi connectivity index (χ1) is 16.1. The van der Waals surface area contributed by atoms with Gasteiger partial charge in [0.25, 0.3) is 0 Å². The zero-order chi connectivity index (χ0) is 23.2. The van der Waals surface area contributed by atoms with Crippen LogP contribution in [0.2, 0.25) is 0 Å². The second-order valence-electron chi connectivity index (χ2n) is 9.68. The van der Waals surface area contributed by atoms with Gasteiger partial charge in [-0.3, -0.25) is 10.1 Å². The SMILES string of the molecule is CSc1c[nH]ncc(-c2ccc(C3CCCC3)nc2)c(N)nc1C1CCCC[C@H](N(C)C)C1. The molecular weight excluding hydrogens is 428 g/mol. The van der Waals surface area contributed by atoms with E-state index in [9.17, 15) is 0 Å². The van der Waals surface area contributed by atoms with E-state index in [-0.39, 0.29) is 0 Å². The van der Waals surface area contributed by atoms with Crippen molar-refractivity contribution < 1.29 is 0 Å². The first-order valence-electron chi connectivity index (χ1n) is 12.3. The summed E-state index contributed by atoms with van der Waals surface area (Å²) in [6, 6.07) is 4.85. The number of rotatable bonds is 5. The Balaban J connectivity index is 1.73. The second kappa shape index (κ2) is 11.3. The van der Waals surface area contributed by atoms with Gasteiger partial charge < -0.3 is 10.6 Å². The van der Waals surface area contributed by atoms with Crippen LogP contribution in [0.3, 0.4) is 0 Å². The van der Waals surface area contributed by atoms with Gasteiger partial charge in [-0.15, -0.1) is 11.8 Å². The molecule has 4 rings (SSSR count). The number of H-pyrrole nitrogens is 1. The highest BCUT2D eigenvalue weighted by Gasteiger charge is 2.25. The predicted octanol–water partition coefficient (Wildman–Crippen LogP) is 5.93. The molecule has 2 aromatic heterocycles. The molecule has 0 spiro atoms. The van der Waals surface area contributed by atoms with E-state index >= 15 is 0 Å². The predicted molar refractivity (Wildman–Crippen MR) is 138 cm³/mol. The second-order valence-corrected chi connectivity index (χ2v) is 10.5. The van der Waals surface area contributed by atoms with E-state index in [0.29, 0.717) is 23.7 Å². The number of anilines is 1. The molecule has 2 heterocycles. The number of aromatic amines is 1. The van der Waals surface area contributed by atoms with E-state index in [1.54, 1.807) is 18.0 Å². The summed E-state index contributed by atoms with van der Waals surface area (Å²) in [5.41, 5.74) is 10.7. The number of hydrogen-bond acceptors (Lipinski definition) is 6. The lowest BCUT2D eigenvalue weighted by atomic mass is 9.94. The molecule has 0 aromatic carbocycles. The molecule has 2 aliphatic rings. The molecule has 33 heavy (non-hydrogen) atoms. The number of thioether (sulfide) groups is 1. The van der Waals surface area contributed by atoms with Crippen molar-refractivity contribution in [3.63, 3.8) is 0 Å². The van der Waals surface area contributed by atoms with Gasteiger partial charge in [-0.1, -0.05) is 31.7 Å². The van der Waals surface area contributed by atoms with Gasteiger partial charge >= 0.3 is 0 Å². The monoisotopic (exact) mass is 466 g/mol. The van der Waals surface area contributed by atoms with E-state index in [2.05, 4.69) is 47.6 Å². The number of hydrogen-bond donors (Lipinski definition) is 2. The van der Waals surface area contributed by atoms with Gasteiger partial charge in [0.15, 0.2) is 0 Å². The van der Waals surface area contributed by atoms with E-state index in [1.165, 1.54) is 50.6 Å². The van der Waals surface area contributed by atoms with Crippen molar-refractivity contribution in [2.75, 3.05) is 26.1 Å². The van der Waals surface area contributed by atoms with Crippen molar-refractivity contribution in [1.82, 2.24) is 25.1 Å². The van der Waals surface area contributed by atoms with Gasteiger partial charge in [0, 0.05) is 52.0 Å². The van der Waals surface area contributed by atoms with Gasteiger partial charge in [-0.2, -0.15) is 5.10 Å². The summed E-state index contributed by atoms with van der Waals surface area (Å²) >= 11 is 1.70. The highest BCUT2D eigenvalue weighted by Crippen LogP contribution is 2.37. The number of pyridine rings is 1. The first-order valence-corrected chi connectivity index (χ1v) is 13.5. The Hall–Kier alpha value is -2.12. The Kier molecular flexibility index (Phi) is 8.25. The standard InChI is InChI=1S/C26H38N6S/c1-32(2)21-11-7-6-10-19(14-21)25-24(33-3)17-30-29-16-22(26(27)31-25)20-12-13-23(28-15-20)18-8-4-5-9-18/h12-13,15-19,21,30H,4-11,14,27H2,1-3H3/t19?,21-/m0/s1. The minimum atomic E-state index is 0.376. The lowest BCUT2D eigenvalue weighted by molar-refractivity contribution is 0.258. The lowest BCUT2D eigenvalue weighted by Gasteiger charge is -2.26. The van der Waals surface area contributed by atoms with Crippen molar-refractivity contribution in [2.45, 2.75) is 80.6 Å². The summed E-state index contributed by atoms with van der Waals surface area (Å²) < 4.78 is 0. The van der Waals surface area contributed by atoms with Crippen LogP contribution in [0.15, 0.2) is 35.6 Å². The molecule has 2 saturated carbocycles. The zero-order valence-corrected chi connectivity index (χ0v) is 21.1. The van der Waals surface area contributed by atoms with Crippen LogP contribution in [0.25, 0.3) is 11.1 Å². The topological polar surface area (TPSA) is 83.7 Å². The summed E-state index contributed by atoms with van der Waals surface area (Å²) in [6.07, 6.45) is 18.9. The molecule has 6 nitrogen and oxygen atoms in total. The van der Waals surface area contributed by atoms with Crippen LogP contribution in [0, 0.1) is 0 Å². The van der Waals surface area contributed by atoms with Crippen LogP contribution in [0.4, 0.5) is 5.82 Å². The Morgan fingerprint density at radius 2 is 1.73 bits per heavy atom. The van der Waals surface area contributed by atoms with E-state index in [1.807, 2.05) is 12.4 Å². The van der Waals surface area contributed by atoms with Crippen LogP contribution in [-0.4, -0.2) is 51.5 Å². The fraction of sp³-hybridized carbons (Fsp3) is 0.577. The average Bonchev–Trinajstić information content (AvgIpc) is 3.27. The van der Waals surface area contributed by atoms with Crippen LogP contribution in [0.5, 0.6) is 0 Å². The largest absolute Gasteiger partial charge is 0.383 e. The van der Waals surface area contributed by atoms with Gasteiger partial charge in [0.2, 0.25) is 0 Å². The molecule has 0 bridgehead atoms. The van der Waals surface area contributed by atoms with Gasteiger partial charge in [0.05, 0.1) is 11.9 Å². The molecule has 2 aromatic rings. The van der Waals surface area contributed by atoms with Crippen molar-refractivity contribution in [2.24, 2.45) is 0 Å². The number of nitrogens with two attached hydrogens (primary N) is 1. The Labute approximate surface area is 202 Å². The minimum absolute atomic E-state index is 0.376. The molecule has 3 N–H and O–H groups in total. The molecule has 0 radical (unpaired) electrons. The van der Waals surface area contributed by atoms with E-state index < -0.39 is 0 Å². The maximum absolute atomic E-state index is 6.66. The number of aromatic nitrogens is 4. The smallest absolute Gasteiger partial charge is 0.133 e. The van der Waals surface area contributed by atoms with Crippen molar-refractivity contribution >= 4 is 17.6 Å². The summed E-state index contributed by atoms with van der Waals surface area (Å²) in [6.45, 7) is 0. The molecular formula is C26H38N6S. The Bertz CT molecular complexity index is 963. The fourth-order valence-electron chi connectivity index (χ4n) is 5.34. The van der Waals surface area contributed by atoms with Crippen LogP contribution >= 0.6 is 11.8 Å². The average molecular weight is 467 g/mol. The molecule has 2 aliphatic carbocycles. The van der Waals surface area contributed by atoms with Crippen LogP contribution in [0.1, 0.15) is 81.0 Å². The van der Waals surface area contributed by atoms with Crippen molar-refractivity contribution in [3.8, 4) is 11.1 Å². The molecule has 0 amide bonds. The molecule has 2 fully saturated rings. The third-order valence-electron chi connectivity index (χ3n) is 7.34. The molecule has 1 unspecified atom stereocenters. The number of nitrogens with one attached hydrogen (secondary N) is 1. The molecule has 0 saturated heterocycles. The van der Waals surface area contributed by atoms with Gasteiger partial charge in [0.1, 0.15) is 5.82 Å². The molecule has 0 aliphatic heterocycles. The maximum atomic E-state index is 6.66. The summed E-state index contributed by atoms with van der Waals surface area (Å²) in [5.74, 6) is 1.48. The summed E-state index contributed by atoms with van der Waals surface area (Å²) in [4.78, 5) is 13.3. The van der Waals surface area contributed by atoms with E-state index in [0.717, 1.165) is 34.6 Å². The fourth-order valence-corrected chi connectivity index (χ4v) is 5.93. The van der Waals surface area contributed by atoms with Gasteiger partial charge in [-0.25, -0.2) is 4.98 Å². The minimum Gasteiger partial charge on any atom is -0.383 e. The number of nitrogens with zero attached hydrogens (tertiary/aromatic N) is 4. The third kappa shape index (κ3) is 5.87. The third-order valence-corrected chi connectivity index (χ3v) is 8.10. The zero-order valence-electron chi connectivity index (χ0n) is 20.3. The van der Waals surface area contributed by atoms with Gasteiger partial charge in [-0.05, 0) is 58.5 Å². The Morgan fingerprint density at radius 1 is 1.00 bits per heavy atom. The highest BCUT2D eigenvalue weighted by molar-refractivity contribution is 7.98. The molecule has 178 valence electrons. The highest BCUT2D eigenvalue weighted by atomic mass is 32.2. The summed E-state index contributed by atoms with van der Waals surface area (Å²) in [7, 11) is 4.38. The molecule has 2 atom stereocenters. The quantitative estimate of drug-likeness (QED) is 0.420. The number of nitrogen functional groups attached to an aromatic ring is 1. The molecule has 7 heteroatoms. The maximum Gasteiger partial charge on any atom is 0.133 e. The normalized spacial score (nSPS) is 21.7. The van der Waals surface area contributed by atoms with Crippen molar-refractivity contribution in [1.29, 1.82) is 0 Å². The summed E-state index contributed by atoms with van der Waals surface area (Å²) in [5, 5.41) is 7.54. The van der Waals surface area contributed by atoms with Crippen LogP contribution < -0.4 is 5.73 Å². The van der Waals surface area contributed by atoms with E-state index in [4.69, 9.17) is 15.7 Å². The first kappa shape index (κ1) is 24.0. The van der Waals surface area contributed by atoms with Crippen LogP contribution in [-0.2, 0) is 0 Å². The van der Waals surface area contributed by atoms with Crippen molar-refractivity contribution in [3.05, 3.63) is 42.1 Å².